The lowest BCUT2D eigenvalue weighted by Crippen LogP contribution is -2.24. The third kappa shape index (κ3) is 4.41. The van der Waals surface area contributed by atoms with Crippen molar-refractivity contribution in [3.63, 3.8) is 0 Å². The van der Waals surface area contributed by atoms with Crippen molar-refractivity contribution >= 4 is 39.9 Å². The largest absolute Gasteiger partial charge is 0.416 e. The van der Waals surface area contributed by atoms with Gasteiger partial charge in [-0.25, -0.2) is 4.99 Å². The number of hydrogen-bond donors (Lipinski definition) is 1. The summed E-state index contributed by atoms with van der Waals surface area (Å²) in [5, 5.41) is 10.0. The van der Waals surface area contributed by atoms with E-state index in [1.54, 1.807) is 19.2 Å². The fourth-order valence-corrected chi connectivity index (χ4v) is 3.79. The Kier molecular flexibility index (Phi) is 6.07. The minimum Gasteiger partial charge on any atom is -0.392 e. The molecule has 1 aromatic heterocycles. The van der Waals surface area contributed by atoms with Crippen molar-refractivity contribution in [1.29, 1.82) is 0 Å². The lowest BCUT2D eigenvalue weighted by Gasteiger charge is -2.08. The number of fused-ring (bicyclic) bond motifs is 1. The van der Waals surface area contributed by atoms with Crippen molar-refractivity contribution in [2.24, 2.45) is 12.0 Å². The van der Waals surface area contributed by atoms with Gasteiger partial charge in [0.1, 0.15) is 0 Å². The van der Waals surface area contributed by atoms with Gasteiger partial charge in [-0.1, -0.05) is 47.5 Å². The van der Waals surface area contributed by atoms with Crippen LogP contribution in [-0.4, -0.2) is 14.2 Å². The Labute approximate surface area is 191 Å². The smallest absolute Gasteiger partial charge is 0.392 e. The maximum absolute atomic E-state index is 12.9. The molecule has 4 aromatic rings. The Morgan fingerprint density at radius 2 is 1.44 bits per heavy atom. The first kappa shape index (κ1) is 22.5. The monoisotopic (exact) mass is 479 g/mol. The molecule has 0 saturated carbocycles. The first-order valence-corrected chi connectivity index (χ1v) is 10.4. The van der Waals surface area contributed by atoms with E-state index in [-0.39, 0.29) is 6.61 Å². The molecule has 0 atom stereocenters. The average Bonchev–Trinajstić information content (AvgIpc) is 2.99. The van der Waals surface area contributed by atoms with Crippen molar-refractivity contribution in [2.45, 2.75) is 19.3 Å². The van der Waals surface area contributed by atoms with E-state index in [0.29, 0.717) is 27.9 Å². The van der Waals surface area contributed by atoms with Crippen LogP contribution in [0.2, 0.25) is 10.0 Å². The van der Waals surface area contributed by atoms with E-state index >= 15 is 0 Å². The van der Waals surface area contributed by atoms with Crippen molar-refractivity contribution in [2.75, 3.05) is 0 Å². The molecule has 0 saturated heterocycles. The molecule has 32 heavy (non-hydrogen) atoms. The lowest BCUT2D eigenvalue weighted by atomic mass is 10.1. The number of hydrogen-bond acceptors (Lipinski definition) is 2. The Morgan fingerprint density at radius 1 is 0.875 bits per heavy atom. The Hall–Kier alpha value is -2.74. The van der Waals surface area contributed by atoms with Crippen LogP contribution in [0.3, 0.4) is 0 Å². The summed E-state index contributed by atoms with van der Waals surface area (Å²) in [4.78, 5) is 4.62. The van der Waals surface area contributed by atoms with E-state index in [0.717, 1.165) is 34.3 Å². The van der Waals surface area contributed by atoms with E-state index in [1.807, 2.05) is 33.4 Å². The van der Waals surface area contributed by atoms with Gasteiger partial charge in [0.05, 0.1) is 45.5 Å². The molecule has 0 fully saturated rings. The maximum Gasteiger partial charge on any atom is 0.416 e. The van der Waals surface area contributed by atoms with Gasteiger partial charge in [-0.3, -0.25) is 0 Å². The van der Waals surface area contributed by atoms with Crippen molar-refractivity contribution in [1.82, 2.24) is 9.13 Å². The number of aliphatic hydroxyl groups is 1. The number of rotatable bonds is 4. The molecule has 3 aromatic carbocycles. The summed E-state index contributed by atoms with van der Waals surface area (Å²) in [7, 11) is 1.81. The summed E-state index contributed by atoms with van der Waals surface area (Å²) < 4.78 is 42.5. The fraction of sp³-hybridized carbons (Fsp3) is 0.174. The summed E-state index contributed by atoms with van der Waals surface area (Å²) in [6.45, 7) is 0.380. The van der Waals surface area contributed by atoms with Gasteiger partial charge in [0.2, 0.25) is 5.62 Å². The number of imidazole rings is 1. The van der Waals surface area contributed by atoms with E-state index in [1.165, 1.54) is 12.1 Å². The molecular formula is C23H18Cl2F3N3O. The minimum atomic E-state index is -4.41. The van der Waals surface area contributed by atoms with E-state index < -0.39 is 11.7 Å². The quantitative estimate of drug-likeness (QED) is 0.378. The van der Waals surface area contributed by atoms with Crippen LogP contribution in [0.1, 0.15) is 16.7 Å². The van der Waals surface area contributed by atoms with Gasteiger partial charge >= 0.3 is 6.18 Å². The SMILES string of the molecule is Cn1/c(=N/c2ccc(C(F)(F)F)cc2)n(Cc2ccc(CO)cc2)c2cc(Cl)c(Cl)cc21. The summed E-state index contributed by atoms with van der Waals surface area (Å²) in [6.07, 6.45) is -4.41. The number of aromatic nitrogens is 2. The van der Waals surface area contributed by atoms with E-state index in [4.69, 9.17) is 23.2 Å². The van der Waals surface area contributed by atoms with Gasteiger partial charge in [0, 0.05) is 7.05 Å². The number of aliphatic hydroxyl groups excluding tert-OH is 1. The third-order valence-electron chi connectivity index (χ3n) is 5.18. The van der Waals surface area contributed by atoms with Crippen LogP contribution in [0.25, 0.3) is 11.0 Å². The molecule has 0 bridgehead atoms. The van der Waals surface area contributed by atoms with Crippen LogP contribution < -0.4 is 5.62 Å². The molecule has 0 spiro atoms. The number of aryl methyl sites for hydroxylation is 1. The van der Waals surface area contributed by atoms with Crippen LogP contribution >= 0.6 is 23.2 Å². The number of alkyl halides is 3. The van der Waals surface area contributed by atoms with Crippen LogP contribution in [-0.2, 0) is 26.4 Å². The second-order valence-corrected chi connectivity index (χ2v) is 8.15. The Bertz CT molecular complexity index is 1340. The van der Waals surface area contributed by atoms with Gasteiger partial charge in [0.25, 0.3) is 0 Å². The van der Waals surface area contributed by atoms with E-state index in [9.17, 15) is 18.3 Å². The molecule has 0 amide bonds. The van der Waals surface area contributed by atoms with E-state index in [2.05, 4.69) is 4.99 Å². The Balaban J connectivity index is 1.89. The highest BCUT2D eigenvalue weighted by Crippen LogP contribution is 2.31. The molecule has 0 radical (unpaired) electrons. The second-order valence-electron chi connectivity index (χ2n) is 7.33. The van der Waals surface area contributed by atoms with Crippen LogP contribution in [0.15, 0.2) is 65.7 Å². The summed E-state index contributed by atoms with van der Waals surface area (Å²) in [6, 6.07) is 15.6. The minimum absolute atomic E-state index is 0.0513. The fourth-order valence-electron chi connectivity index (χ4n) is 3.47. The zero-order valence-electron chi connectivity index (χ0n) is 16.9. The van der Waals surface area contributed by atoms with Gasteiger partial charge in [-0.2, -0.15) is 13.2 Å². The van der Waals surface area contributed by atoms with Gasteiger partial charge in [-0.05, 0) is 47.5 Å². The van der Waals surface area contributed by atoms with Crippen LogP contribution in [0.4, 0.5) is 18.9 Å². The number of halogens is 5. The Morgan fingerprint density at radius 3 is 2.00 bits per heavy atom. The van der Waals surface area contributed by atoms with Crippen LogP contribution in [0.5, 0.6) is 0 Å². The van der Waals surface area contributed by atoms with Crippen molar-refractivity contribution in [3.05, 3.63) is 93.0 Å². The third-order valence-corrected chi connectivity index (χ3v) is 5.90. The van der Waals surface area contributed by atoms with Crippen molar-refractivity contribution < 1.29 is 18.3 Å². The molecule has 1 N–H and O–H groups in total. The lowest BCUT2D eigenvalue weighted by molar-refractivity contribution is -0.137. The summed E-state index contributed by atoms with van der Waals surface area (Å²) in [5.74, 6) is 0. The molecule has 0 aliphatic rings. The first-order valence-electron chi connectivity index (χ1n) is 9.62. The zero-order chi connectivity index (χ0) is 23.0. The summed E-state index contributed by atoms with van der Waals surface area (Å²) in [5.41, 5.74) is 3.46. The predicted molar refractivity (Wildman–Crippen MR) is 119 cm³/mol. The van der Waals surface area contributed by atoms with Crippen LogP contribution in [0, 0.1) is 0 Å². The van der Waals surface area contributed by atoms with Gasteiger partial charge < -0.3 is 14.2 Å². The highest BCUT2D eigenvalue weighted by molar-refractivity contribution is 6.42. The normalized spacial score (nSPS) is 12.7. The molecule has 9 heteroatoms. The average molecular weight is 480 g/mol. The first-order chi connectivity index (χ1) is 15.2. The molecule has 166 valence electrons. The highest BCUT2D eigenvalue weighted by Gasteiger charge is 2.29. The predicted octanol–water partition coefficient (Wildman–Crippen LogP) is 6.08. The molecule has 4 nitrogen and oxygen atoms in total. The van der Waals surface area contributed by atoms with Crippen molar-refractivity contribution in [3.8, 4) is 0 Å². The molecular weight excluding hydrogens is 462 g/mol. The standard InChI is InChI=1S/C23H18Cl2F3N3O/c1-30-20-10-18(24)19(25)11-21(20)31(12-14-2-4-15(13-32)5-3-14)22(30)29-17-8-6-16(7-9-17)23(26,27)28/h2-11,32H,12-13H2,1H3/b29-22-. The topological polar surface area (TPSA) is 42.5 Å². The molecule has 1 heterocycles. The van der Waals surface area contributed by atoms with Gasteiger partial charge in [-0.15, -0.1) is 0 Å². The zero-order valence-corrected chi connectivity index (χ0v) is 18.4. The molecule has 4 rings (SSSR count). The molecule has 0 aliphatic heterocycles. The molecule has 0 unspecified atom stereocenters. The second kappa shape index (κ2) is 8.65. The maximum atomic E-state index is 12.9. The number of nitrogens with zero attached hydrogens (tertiary/aromatic N) is 3. The molecule has 0 aliphatic carbocycles. The number of benzene rings is 3. The van der Waals surface area contributed by atoms with Gasteiger partial charge in [0.15, 0.2) is 0 Å². The highest BCUT2D eigenvalue weighted by atomic mass is 35.5. The summed E-state index contributed by atoms with van der Waals surface area (Å²) >= 11 is 12.5.